The summed E-state index contributed by atoms with van der Waals surface area (Å²) in [5, 5.41) is 4.92. The molecule has 2 rings (SSSR count). The number of nitrogens with one attached hydrogen (secondary N) is 1. The SMILES string of the molecule is CCCNC(C)/C=C/c1ccc(N2CCCCC2)s1. The Morgan fingerprint density at radius 1 is 1.32 bits per heavy atom. The topological polar surface area (TPSA) is 15.3 Å². The summed E-state index contributed by atoms with van der Waals surface area (Å²) in [5.74, 6) is 0. The first-order chi connectivity index (χ1) is 9.29. The Bertz CT molecular complexity index is 391. The van der Waals surface area contributed by atoms with Crippen LogP contribution in [0.1, 0.15) is 44.4 Å². The molecular weight excluding hydrogens is 252 g/mol. The lowest BCUT2D eigenvalue weighted by Crippen LogP contribution is -2.28. The van der Waals surface area contributed by atoms with E-state index in [4.69, 9.17) is 0 Å². The number of piperidine rings is 1. The van der Waals surface area contributed by atoms with Crippen molar-refractivity contribution in [3.05, 3.63) is 23.1 Å². The summed E-state index contributed by atoms with van der Waals surface area (Å²) >= 11 is 1.92. The van der Waals surface area contributed by atoms with Crippen molar-refractivity contribution in [3.63, 3.8) is 0 Å². The smallest absolute Gasteiger partial charge is 0.0914 e. The second-order valence-corrected chi connectivity index (χ2v) is 6.42. The minimum atomic E-state index is 0.459. The van der Waals surface area contributed by atoms with Gasteiger partial charge in [0.1, 0.15) is 0 Å². The number of nitrogens with zero attached hydrogens (tertiary/aromatic N) is 1. The Morgan fingerprint density at radius 3 is 2.84 bits per heavy atom. The van der Waals surface area contributed by atoms with Crippen LogP contribution < -0.4 is 10.2 Å². The number of anilines is 1. The van der Waals surface area contributed by atoms with Crippen LogP contribution in [0.2, 0.25) is 0 Å². The average molecular weight is 278 g/mol. The zero-order valence-electron chi connectivity index (χ0n) is 12.2. The molecular formula is C16H26N2S. The third-order valence-corrected chi connectivity index (χ3v) is 4.66. The lowest BCUT2D eigenvalue weighted by Gasteiger charge is -2.27. The van der Waals surface area contributed by atoms with Gasteiger partial charge in [0.15, 0.2) is 0 Å². The molecule has 19 heavy (non-hydrogen) atoms. The van der Waals surface area contributed by atoms with Crippen LogP contribution in [0.15, 0.2) is 18.2 Å². The van der Waals surface area contributed by atoms with Gasteiger partial charge in [0.2, 0.25) is 0 Å². The molecule has 3 heteroatoms. The van der Waals surface area contributed by atoms with Gasteiger partial charge in [0, 0.05) is 24.0 Å². The Kier molecular flexibility index (Phi) is 5.93. The van der Waals surface area contributed by atoms with Gasteiger partial charge >= 0.3 is 0 Å². The van der Waals surface area contributed by atoms with Crippen LogP contribution in [-0.4, -0.2) is 25.7 Å². The highest BCUT2D eigenvalue weighted by molar-refractivity contribution is 7.16. The molecule has 1 aromatic rings. The molecule has 1 unspecified atom stereocenters. The highest BCUT2D eigenvalue weighted by Gasteiger charge is 2.12. The summed E-state index contributed by atoms with van der Waals surface area (Å²) in [5.41, 5.74) is 0. The predicted octanol–water partition coefficient (Wildman–Crippen LogP) is 4.14. The number of hydrogen-bond acceptors (Lipinski definition) is 3. The van der Waals surface area contributed by atoms with Crippen molar-refractivity contribution >= 4 is 22.4 Å². The molecule has 1 aliphatic rings. The molecule has 0 saturated carbocycles. The van der Waals surface area contributed by atoms with Gasteiger partial charge in [-0.15, -0.1) is 11.3 Å². The Balaban J connectivity index is 1.87. The number of hydrogen-bond donors (Lipinski definition) is 1. The van der Waals surface area contributed by atoms with Crippen LogP contribution in [0, 0.1) is 0 Å². The Labute approximate surface area is 121 Å². The molecule has 2 nitrogen and oxygen atoms in total. The molecule has 1 saturated heterocycles. The summed E-state index contributed by atoms with van der Waals surface area (Å²) in [7, 11) is 0. The van der Waals surface area contributed by atoms with E-state index in [0.29, 0.717) is 6.04 Å². The minimum Gasteiger partial charge on any atom is -0.363 e. The quantitative estimate of drug-likeness (QED) is 0.841. The third-order valence-electron chi connectivity index (χ3n) is 3.55. The van der Waals surface area contributed by atoms with Crippen LogP contribution in [0.5, 0.6) is 0 Å². The maximum Gasteiger partial charge on any atom is 0.0914 e. The zero-order chi connectivity index (χ0) is 13.5. The van der Waals surface area contributed by atoms with Crippen molar-refractivity contribution in [2.75, 3.05) is 24.5 Å². The van der Waals surface area contributed by atoms with Crippen molar-refractivity contribution in [2.45, 2.75) is 45.6 Å². The van der Waals surface area contributed by atoms with E-state index in [9.17, 15) is 0 Å². The maximum atomic E-state index is 3.48. The first kappa shape index (κ1) is 14.6. The van der Waals surface area contributed by atoms with E-state index >= 15 is 0 Å². The summed E-state index contributed by atoms with van der Waals surface area (Å²) < 4.78 is 0. The summed E-state index contributed by atoms with van der Waals surface area (Å²) in [6, 6.07) is 4.98. The molecule has 2 heterocycles. The Morgan fingerprint density at radius 2 is 2.11 bits per heavy atom. The molecule has 106 valence electrons. The van der Waals surface area contributed by atoms with Crippen LogP contribution in [0.4, 0.5) is 5.00 Å². The molecule has 0 amide bonds. The fourth-order valence-electron chi connectivity index (χ4n) is 2.40. The fourth-order valence-corrected chi connectivity index (χ4v) is 3.37. The van der Waals surface area contributed by atoms with Gasteiger partial charge in [-0.25, -0.2) is 0 Å². The Hall–Kier alpha value is -0.800. The van der Waals surface area contributed by atoms with Crippen molar-refractivity contribution in [1.82, 2.24) is 5.32 Å². The molecule has 0 aromatic carbocycles. The minimum absolute atomic E-state index is 0.459. The molecule has 1 N–H and O–H groups in total. The van der Waals surface area contributed by atoms with E-state index in [0.717, 1.165) is 6.54 Å². The highest BCUT2D eigenvalue weighted by Crippen LogP contribution is 2.29. The lowest BCUT2D eigenvalue weighted by atomic mass is 10.1. The van der Waals surface area contributed by atoms with Crippen LogP contribution in [0.3, 0.4) is 0 Å². The monoisotopic (exact) mass is 278 g/mol. The van der Waals surface area contributed by atoms with Crippen LogP contribution >= 0.6 is 11.3 Å². The average Bonchev–Trinajstić information content (AvgIpc) is 2.93. The van der Waals surface area contributed by atoms with E-state index in [1.165, 1.54) is 48.7 Å². The van der Waals surface area contributed by atoms with Crippen molar-refractivity contribution in [1.29, 1.82) is 0 Å². The number of thiophene rings is 1. The zero-order valence-corrected chi connectivity index (χ0v) is 13.0. The van der Waals surface area contributed by atoms with E-state index in [1.54, 1.807) is 0 Å². The molecule has 0 radical (unpaired) electrons. The van der Waals surface area contributed by atoms with E-state index in [1.807, 2.05) is 11.3 Å². The van der Waals surface area contributed by atoms with Gasteiger partial charge in [-0.05, 0) is 57.4 Å². The molecule has 0 aliphatic carbocycles. The van der Waals surface area contributed by atoms with Crippen molar-refractivity contribution in [2.24, 2.45) is 0 Å². The first-order valence-electron chi connectivity index (χ1n) is 7.56. The maximum absolute atomic E-state index is 3.48. The van der Waals surface area contributed by atoms with E-state index < -0.39 is 0 Å². The second kappa shape index (κ2) is 7.71. The molecule has 1 aliphatic heterocycles. The summed E-state index contributed by atoms with van der Waals surface area (Å²) in [4.78, 5) is 3.90. The van der Waals surface area contributed by atoms with Crippen molar-refractivity contribution in [3.8, 4) is 0 Å². The third kappa shape index (κ3) is 4.66. The van der Waals surface area contributed by atoms with Crippen molar-refractivity contribution < 1.29 is 0 Å². The van der Waals surface area contributed by atoms with E-state index in [-0.39, 0.29) is 0 Å². The van der Waals surface area contributed by atoms with Gasteiger partial charge < -0.3 is 10.2 Å². The van der Waals surface area contributed by atoms with Gasteiger partial charge in [0.05, 0.1) is 5.00 Å². The molecule has 0 bridgehead atoms. The van der Waals surface area contributed by atoms with E-state index in [2.05, 4.69) is 48.3 Å². The van der Waals surface area contributed by atoms with Gasteiger partial charge in [-0.1, -0.05) is 13.0 Å². The largest absolute Gasteiger partial charge is 0.363 e. The lowest BCUT2D eigenvalue weighted by molar-refractivity contribution is 0.580. The van der Waals surface area contributed by atoms with Crippen LogP contribution in [-0.2, 0) is 0 Å². The molecule has 1 aromatic heterocycles. The molecule has 1 atom stereocenters. The van der Waals surface area contributed by atoms with Gasteiger partial charge in [-0.2, -0.15) is 0 Å². The normalized spacial score (nSPS) is 18.1. The molecule has 0 spiro atoms. The highest BCUT2D eigenvalue weighted by atomic mass is 32.1. The first-order valence-corrected chi connectivity index (χ1v) is 8.37. The van der Waals surface area contributed by atoms with Gasteiger partial charge in [-0.3, -0.25) is 0 Å². The standard InChI is InChI=1S/C16H26N2S/c1-3-11-17-14(2)7-8-15-9-10-16(19-15)18-12-5-4-6-13-18/h7-10,14,17H,3-6,11-13H2,1-2H3/b8-7+. The molecule has 1 fully saturated rings. The fraction of sp³-hybridized carbons (Fsp3) is 0.625. The van der Waals surface area contributed by atoms with Crippen LogP contribution in [0.25, 0.3) is 6.08 Å². The summed E-state index contributed by atoms with van der Waals surface area (Å²) in [6.07, 6.45) is 9.81. The predicted molar refractivity (Wildman–Crippen MR) is 87.2 cm³/mol. The van der Waals surface area contributed by atoms with Gasteiger partial charge in [0.25, 0.3) is 0 Å². The summed E-state index contributed by atoms with van der Waals surface area (Å²) in [6.45, 7) is 7.98. The second-order valence-electron chi connectivity index (χ2n) is 5.33. The number of rotatable bonds is 6.